The molecule has 2 heterocycles. The quantitative estimate of drug-likeness (QED) is 0.627. The van der Waals surface area contributed by atoms with Gasteiger partial charge in [-0.1, -0.05) is 41.6 Å². The van der Waals surface area contributed by atoms with Gasteiger partial charge < -0.3 is 9.47 Å². The van der Waals surface area contributed by atoms with E-state index in [2.05, 4.69) is 10.2 Å². The first-order valence-electron chi connectivity index (χ1n) is 7.39. The summed E-state index contributed by atoms with van der Waals surface area (Å²) >= 11 is 7.78. The van der Waals surface area contributed by atoms with Gasteiger partial charge in [-0.2, -0.15) is 0 Å². The Labute approximate surface area is 148 Å². The predicted octanol–water partition coefficient (Wildman–Crippen LogP) is 4.82. The molecule has 0 unspecified atom stereocenters. The molecule has 0 amide bonds. The van der Waals surface area contributed by atoms with Gasteiger partial charge in [0.25, 0.3) is 0 Å². The van der Waals surface area contributed by atoms with Crippen molar-refractivity contribution in [3.8, 4) is 22.8 Å². The molecule has 2 aromatic carbocycles. The molecule has 4 nitrogen and oxygen atoms in total. The van der Waals surface area contributed by atoms with E-state index in [4.69, 9.17) is 21.1 Å². The highest BCUT2D eigenvalue weighted by Crippen LogP contribution is 2.35. The smallest absolute Gasteiger partial charge is 0.231 e. The Hall–Kier alpha value is -2.24. The first-order valence-corrected chi connectivity index (χ1v) is 8.76. The molecule has 0 N–H and O–H groups in total. The monoisotopic (exact) mass is 356 g/mol. The lowest BCUT2D eigenvalue weighted by molar-refractivity contribution is 0.174. The van der Waals surface area contributed by atoms with Crippen LogP contribution < -0.4 is 9.47 Å². The van der Waals surface area contributed by atoms with Crippen molar-refractivity contribution in [2.75, 3.05) is 6.79 Å². The summed E-state index contributed by atoms with van der Waals surface area (Å²) in [6, 6.07) is 17.5. The molecule has 1 aliphatic rings. The molecule has 0 radical (unpaired) electrons. The van der Waals surface area contributed by atoms with Crippen molar-refractivity contribution in [2.24, 2.45) is 0 Å². The predicted molar refractivity (Wildman–Crippen MR) is 94.6 cm³/mol. The molecule has 24 heavy (non-hydrogen) atoms. The number of thioether (sulfide) groups is 1. The van der Waals surface area contributed by atoms with Crippen LogP contribution in [0.2, 0.25) is 5.02 Å². The lowest BCUT2D eigenvalue weighted by atomic mass is 10.1. The Bertz CT molecular complexity index is 871. The minimum absolute atomic E-state index is 0.266. The summed E-state index contributed by atoms with van der Waals surface area (Å²) in [6.45, 7) is 0.266. The fourth-order valence-electron chi connectivity index (χ4n) is 2.37. The Morgan fingerprint density at radius 2 is 1.83 bits per heavy atom. The van der Waals surface area contributed by atoms with Crippen molar-refractivity contribution in [2.45, 2.75) is 10.8 Å². The van der Waals surface area contributed by atoms with Gasteiger partial charge in [0.1, 0.15) is 5.03 Å². The van der Waals surface area contributed by atoms with Crippen molar-refractivity contribution in [3.05, 3.63) is 65.2 Å². The zero-order chi connectivity index (χ0) is 16.4. The van der Waals surface area contributed by atoms with E-state index in [1.54, 1.807) is 11.8 Å². The van der Waals surface area contributed by atoms with Crippen LogP contribution >= 0.6 is 23.4 Å². The molecule has 0 saturated carbocycles. The SMILES string of the molecule is Clc1ccccc1CSc1ccc(-c2ccc3c(c2)OCO3)nn1. The lowest BCUT2D eigenvalue weighted by Crippen LogP contribution is -1.93. The van der Waals surface area contributed by atoms with Crippen LogP contribution in [0, 0.1) is 0 Å². The maximum atomic E-state index is 6.17. The molecule has 0 bridgehead atoms. The number of ether oxygens (including phenoxy) is 2. The maximum Gasteiger partial charge on any atom is 0.231 e. The first-order chi connectivity index (χ1) is 11.8. The van der Waals surface area contributed by atoms with Crippen LogP contribution in [0.25, 0.3) is 11.3 Å². The number of benzene rings is 2. The van der Waals surface area contributed by atoms with Crippen molar-refractivity contribution in [3.63, 3.8) is 0 Å². The molecule has 0 saturated heterocycles. The molecule has 0 atom stereocenters. The Kier molecular flexibility index (Phi) is 4.28. The van der Waals surface area contributed by atoms with E-state index in [1.807, 2.05) is 54.6 Å². The van der Waals surface area contributed by atoms with Crippen LogP contribution in [0.5, 0.6) is 11.5 Å². The molecule has 0 spiro atoms. The highest BCUT2D eigenvalue weighted by Gasteiger charge is 2.14. The second-order valence-corrected chi connectivity index (χ2v) is 6.61. The molecule has 1 aromatic heterocycles. The highest BCUT2D eigenvalue weighted by molar-refractivity contribution is 7.98. The fraction of sp³-hybridized carbons (Fsp3) is 0.111. The van der Waals surface area contributed by atoms with Gasteiger partial charge in [-0.3, -0.25) is 0 Å². The third-order valence-electron chi connectivity index (χ3n) is 3.64. The average Bonchev–Trinajstić information content (AvgIpc) is 3.09. The van der Waals surface area contributed by atoms with Crippen molar-refractivity contribution < 1.29 is 9.47 Å². The summed E-state index contributed by atoms with van der Waals surface area (Å²) in [4.78, 5) is 0. The largest absolute Gasteiger partial charge is 0.454 e. The summed E-state index contributed by atoms with van der Waals surface area (Å²) in [5.41, 5.74) is 2.84. The van der Waals surface area contributed by atoms with Gasteiger partial charge in [-0.25, -0.2) is 0 Å². The number of fused-ring (bicyclic) bond motifs is 1. The van der Waals surface area contributed by atoms with Crippen LogP contribution in [0.1, 0.15) is 5.56 Å². The summed E-state index contributed by atoms with van der Waals surface area (Å²) in [7, 11) is 0. The van der Waals surface area contributed by atoms with E-state index in [9.17, 15) is 0 Å². The van der Waals surface area contributed by atoms with Gasteiger partial charge in [-0.15, -0.1) is 10.2 Å². The van der Waals surface area contributed by atoms with Gasteiger partial charge in [0.15, 0.2) is 11.5 Å². The number of hydrogen-bond acceptors (Lipinski definition) is 5. The summed E-state index contributed by atoms with van der Waals surface area (Å²) in [5.74, 6) is 2.27. The second kappa shape index (κ2) is 6.71. The van der Waals surface area contributed by atoms with E-state index >= 15 is 0 Å². The van der Waals surface area contributed by atoms with Gasteiger partial charge in [0, 0.05) is 16.3 Å². The Morgan fingerprint density at radius 3 is 2.67 bits per heavy atom. The standard InChI is InChI=1S/C18H13ClN2O2S/c19-14-4-2-1-3-13(14)10-24-18-8-6-15(20-21-18)12-5-7-16-17(9-12)23-11-22-16/h1-9H,10-11H2. The summed E-state index contributed by atoms with van der Waals surface area (Å²) in [5, 5.41) is 10.2. The zero-order valence-corrected chi connectivity index (χ0v) is 14.2. The first kappa shape index (κ1) is 15.3. The molecule has 1 aliphatic heterocycles. The zero-order valence-electron chi connectivity index (χ0n) is 12.6. The highest BCUT2D eigenvalue weighted by atomic mass is 35.5. The normalized spacial score (nSPS) is 12.4. The van der Waals surface area contributed by atoms with Crippen LogP contribution in [0.15, 0.2) is 59.6 Å². The van der Waals surface area contributed by atoms with E-state index in [0.717, 1.165) is 44.1 Å². The van der Waals surface area contributed by atoms with E-state index < -0.39 is 0 Å². The third-order valence-corrected chi connectivity index (χ3v) is 4.98. The fourth-order valence-corrected chi connectivity index (χ4v) is 3.47. The molecule has 120 valence electrons. The van der Waals surface area contributed by atoms with Gasteiger partial charge in [-0.05, 0) is 42.0 Å². The van der Waals surface area contributed by atoms with Crippen molar-refractivity contribution in [1.29, 1.82) is 0 Å². The molecule has 0 fully saturated rings. The van der Waals surface area contributed by atoms with E-state index in [0.29, 0.717) is 0 Å². The number of hydrogen-bond donors (Lipinski definition) is 0. The van der Waals surface area contributed by atoms with Crippen molar-refractivity contribution >= 4 is 23.4 Å². The third kappa shape index (κ3) is 3.18. The molecule has 0 aliphatic carbocycles. The maximum absolute atomic E-state index is 6.17. The minimum Gasteiger partial charge on any atom is -0.454 e. The molecular formula is C18H13ClN2O2S. The molecule has 3 aromatic rings. The van der Waals surface area contributed by atoms with Crippen LogP contribution in [0.3, 0.4) is 0 Å². The summed E-state index contributed by atoms with van der Waals surface area (Å²) < 4.78 is 10.7. The lowest BCUT2D eigenvalue weighted by Gasteiger charge is -2.05. The number of nitrogens with zero attached hydrogens (tertiary/aromatic N) is 2. The summed E-state index contributed by atoms with van der Waals surface area (Å²) in [6.07, 6.45) is 0. The molecule has 4 rings (SSSR count). The molecular weight excluding hydrogens is 344 g/mol. The van der Waals surface area contributed by atoms with Crippen LogP contribution in [-0.2, 0) is 5.75 Å². The Morgan fingerprint density at radius 1 is 0.958 bits per heavy atom. The van der Waals surface area contributed by atoms with Crippen LogP contribution in [-0.4, -0.2) is 17.0 Å². The van der Waals surface area contributed by atoms with Gasteiger partial charge in [0.05, 0.1) is 5.69 Å². The Balaban J connectivity index is 1.48. The van der Waals surface area contributed by atoms with E-state index in [1.165, 1.54) is 0 Å². The minimum atomic E-state index is 0.266. The topological polar surface area (TPSA) is 44.2 Å². The molecule has 6 heteroatoms. The number of rotatable bonds is 4. The second-order valence-electron chi connectivity index (χ2n) is 5.20. The van der Waals surface area contributed by atoms with E-state index in [-0.39, 0.29) is 6.79 Å². The van der Waals surface area contributed by atoms with Gasteiger partial charge >= 0.3 is 0 Å². The number of halogens is 1. The van der Waals surface area contributed by atoms with Crippen LogP contribution in [0.4, 0.5) is 0 Å². The van der Waals surface area contributed by atoms with Gasteiger partial charge in [0.2, 0.25) is 6.79 Å². The number of aromatic nitrogens is 2. The average molecular weight is 357 g/mol. The van der Waals surface area contributed by atoms with Crippen molar-refractivity contribution in [1.82, 2.24) is 10.2 Å².